The first-order chi connectivity index (χ1) is 9.69. The highest BCUT2D eigenvalue weighted by Gasteiger charge is 2.26. The molecule has 0 aliphatic carbocycles. The Morgan fingerprint density at radius 2 is 2.05 bits per heavy atom. The second-order valence-corrected chi connectivity index (χ2v) is 6.55. The summed E-state index contributed by atoms with van der Waals surface area (Å²) in [7, 11) is -3.75. The van der Waals surface area contributed by atoms with Gasteiger partial charge in [-0.05, 0) is 27.2 Å². The SMILES string of the molecule is Cc1nn(CCC(=O)O)c(C)c1S(=O)(=O)NC(C)CCO. The van der Waals surface area contributed by atoms with Crippen molar-refractivity contribution >= 4 is 16.0 Å². The summed E-state index contributed by atoms with van der Waals surface area (Å²) in [5.74, 6) is -0.971. The van der Waals surface area contributed by atoms with Crippen LogP contribution in [0.15, 0.2) is 4.90 Å². The van der Waals surface area contributed by atoms with Gasteiger partial charge in [-0.2, -0.15) is 5.10 Å². The average molecular weight is 319 g/mol. The van der Waals surface area contributed by atoms with E-state index in [1.165, 1.54) is 4.68 Å². The molecule has 0 bridgehead atoms. The Kier molecular flexibility index (Phi) is 5.87. The summed E-state index contributed by atoms with van der Waals surface area (Å²) in [4.78, 5) is 10.7. The Balaban J connectivity index is 3.04. The summed E-state index contributed by atoms with van der Waals surface area (Å²) in [6, 6.07) is -0.402. The second kappa shape index (κ2) is 7.01. The molecule has 1 unspecified atom stereocenters. The van der Waals surface area contributed by atoms with Crippen LogP contribution in [-0.4, -0.2) is 47.0 Å². The number of aliphatic carboxylic acids is 1. The maximum atomic E-state index is 12.3. The standard InChI is InChI=1S/C12H21N3O5S/c1-8(5-7-16)14-21(19,20)12-9(2)13-15(10(12)3)6-4-11(17)18/h8,14,16H,4-7H2,1-3H3,(H,17,18). The number of carbonyl (C=O) groups is 1. The topological polar surface area (TPSA) is 122 Å². The van der Waals surface area contributed by atoms with E-state index in [1.54, 1.807) is 20.8 Å². The molecule has 1 atom stereocenters. The quantitative estimate of drug-likeness (QED) is 0.621. The zero-order valence-corrected chi connectivity index (χ0v) is 13.1. The van der Waals surface area contributed by atoms with Gasteiger partial charge in [-0.1, -0.05) is 0 Å². The number of nitrogens with one attached hydrogen (secondary N) is 1. The zero-order valence-electron chi connectivity index (χ0n) is 12.3. The van der Waals surface area contributed by atoms with Crippen LogP contribution in [0.3, 0.4) is 0 Å². The molecule has 0 saturated carbocycles. The van der Waals surface area contributed by atoms with Crippen molar-refractivity contribution in [3.8, 4) is 0 Å². The molecule has 0 fully saturated rings. The number of sulfonamides is 1. The molecular weight excluding hydrogens is 298 g/mol. The van der Waals surface area contributed by atoms with Gasteiger partial charge in [-0.15, -0.1) is 0 Å². The Morgan fingerprint density at radius 1 is 1.43 bits per heavy atom. The molecule has 1 heterocycles. The lowest BCUT2D eigenvalue weighted by molar-refractivity contribution is -0.137. The molecule has 21 heavy (non-hydrogen) atoms. The minimum absolute atomic E-state index is 0.0673. The van der Waals surface area contributed by atoms with Crippen LogP contribution in [0.5, 0.6) is 0 Å². The van der Waals surface area contributed by atoms with Gasteiger partial charge in [0.2, 0.25) is 10.0 Å². The number of aliphatic hydroxyl groups excluding tert-OH is 1. The van der Waals surface area contributed by atoms with Gasteiger partial charge in [0.25, 0.3) is 0 Å². The van der Waals surface area contributed by atoms with Gasteiger partial charge >= 0.3 is 5.97 Å². The van der Waals surface area contributed by atoms with Crippen LogP contribution < -0.4 is 4.72 Å². The van der Waals surface area contributed by atoms with Crippen LogP contribution in [0.1, 0.15) is 31.2 Å². The normalized spacial score (nSPS) is 13.3. The number of aliphatic hydroxyl groups is 1. The lowest BCUT2D eigenvalue weighted by atomic mass is 10.3. The molecule has 0 aliphatic heterocycles. The molecule has 0 saturated heterocycles. The maximum Gasteiger partial charge on any atom is 0.305 e. The molecule has 0 amide bonds. The summed E-state index contributed by atoms with van der Waals surface area (Å²) in [5, 5.41) is 21.6. The number of carboxylic acids is 1. The predicted molar refractivity (Wildman–Crippen MR) is 75.4 cm³/mol. The Bertz CT molecular complexity index is 609. The summed E-state index contributed by atoms with van der Waals surface area (Å²) < 4.78 is 28.6. The summed E-state index contributed by atoms with van der Waals surface area (Å²) in [6.07, 6.45) is 0.181. The lowest BCUT2D eigenvalue weighted by Gasteiger charge is -2.13. The molecule has 1 aromatic rings. The molecule has 0 aliphatic rings. The van der Waals surface area contributed by atoms with E-state index in [0.29, 0.717) is 17.8 Å². The summed E-state index contributed by atoms with van der Waals surface area (Å²) in [5.41, 5.74) is 0.721. The zero-order chi connectivity index (χ0) is 16.2. The van der Waals surface area contributed by atoms with E-state index in [0.717, 1.165) is 0 Å². The van der Waals surface area contributed by atoms with E-state index in [9.17, 15) is 13.2 Å². The minimum Gasteiger partial charge on any atom is -0.481 e. The highest BCUT2D eigenvalue weighted by atomic mass is 32.2. The maximum absolute atomic E-state index is 12.3. The smallest absolute Gasteiger partial charge is 0.305 e. The van der Waals surface area contributed by atoms with Crippen molar-refractivity contribution in [3.05, 3.63) is 11.4 Å². The number of carboxylic acid groups (broad SMARTS) is 1. The minimum atomic E-state index is -3.75. The van der Waals surface area contributed by atoms with Crippen molar-refractivity contribution in [2.24, 2.45) is 0 Å². The third-order valence-corrected chi connectivity index (χ3v) is 4.88. The van der Waals surface area contributed by atoms with Gasteiger partial charge in [0.1, 0.15) is 4.90 Å². The van der Waals surface area contributed by atoms with Crippen molar-refractivity contribution in [1.82, 2.24) is 14.5 Å². The fourth-order valence-corrected chi connectivity index (χ4v) is 3.75. The van der Waals surface area contributed by atoms with Crippen LogP contribution >= 0.6 is 0 Å². The molecule has 0 radical (unpaired) electrons. The van der Waals surface area contributed by atoms with E-state index in [2.05, 4.69) is 9.82 Å². The predicted octanol–water partition coefficient (Wildman–Crippen LogP) is 0.0238. The van der Waals surface area contributed by atoms with Crippen molar-refractivity contribution < 1.29 is 23.4 Å². The number of aromatic nitrogens is 2. The Labute approximate surface area is 123 Å². The average Bonchev–Trinajstić information content (AvgIpc) is 2.61. The van der Waals surface area contributed by atoms with Gasteiger partial charge in [0, 0.05) is 12.6 Å². The molecule has 3 N–H and O–H groups in total. The second-order valence-electron chi connectivity index (χ2n) is 4.90. The first-order valence-corrected chi connectivity index (χ1v) is 8.06. The van der Waals surface area contributed by atoms with E-state index >= 15 is 0 Å². The van der Waals surface area contributed by atoms with Gasteiger partial charge in [-0.25, -0.2) is 13.1 Å². The van der Waals surface area contributed by atoms with Gasteiger partial charge in [-0.3, -0.25) is 9.48 Å². The highest BCUT2D eigenvalue weighted by molar-refractivity contribution is 7.89. The summed E-state index contributed by atoms with van der Waals surface area (Å²) in [6.45, 7) is 4.82. The van der Waals surface area contributed by atoms with E-state index in [1.807, 2.05) is 0 Å². The Hall–Kier alpha value is -1.45. The third kappa shape index (κ3) is 4.51. The van der Waals surface area contributed by atoms with Crippen LogP contribution in [0.4, 0.5) is 0 Å². The molecule has 0 aromatic carbocycles. The van der Waals surface area contributed by atoms with Gasteiger partial charge in [0.15, 0.2) is 0 Å². The monoisotopic (exact) mass is 319 g/mol. The van der Waals surface area contributed by atoms with Crippen molar-refractivity contribution in [1.29, 1.82) is 0 Å². The molecule has 1 aromatic heterocycles. The first kappa shape index (κ1) is 17.6. The first-order valence-electron chi connectivity index (χ1n) is 6.58. The number of aryl methyl sites for hydroxylation is 2. The van der Waals surface area contributed by atoms with E-state index < -0.39 is 22.0 Å². The largest absolute Gasteiger partial charge is 0.481 e. The highest BCUT2D eigenvalue weighted by Crippen LogP contribution is 2.20. The van der Waals surface area contributed by atoms with E-state index in [-0.39, 0.29) is 24.5 Å². The fraction of sp³-hybridized carbons (Fsp3) is 0.667. The molecular formula is C12H21N3O5S. The Morgan fingerprint density at radius 3 is 2.57 bits per heavy atom. The number of hydrogen-bond donors (Lipinski definition) is 3. The molecule has 9 heteroatoms. The third-order valence-electron chi connectivity index (χ3n) is 3.04. The fourth-order valence-electron chi connectivity index (χ4n) is 2.07. The van der Waals surface area contributed by atoms with Gasteiger partial charge in [0.05, 0.1) is 24.4 Å². The summed E-state index contributed by atoms with van der Waals surface area (Å²) >= 11 is 0. The number of nitrogens with zero attached hydrogens (tertiary/aromatic N) is 2. The van der Waals surface area contributed by atoms with Crippen LogP contribution in [0.2, 0.25) is 0 Å². The van der Waals surface area contributed by atoms with Gasteiger partial charge < -0.3 is 10.2 Å². The molecule has 0 spiro atoms. The lowest BCUT2D eigenvalue weighted by Crippen LogP contribution is -2.33. The van der Waals surface area contributed by atoms with Crippen molar-refractivity contribution in [2.75, 3.05) is 6.61 Å². The van der Waals surface area contributed by atoms with Crippen molar-refractivity contribution in [2.45, 2.75) is 51.1 Å². The van der Waals surface area contributed by atoms with Crippen LogP contribution in [-0.2, 0) is 21.4 Å². The van der Waals surface area contributed by atoms with Crippen molar-refractivity contribution in [3.63, 3.8) is 0 Å². The molecule has 1 rings (SSSR count). The number of hydrogen-bond acceptors (Lipinski definition) is 5. The van der Waals surface area contributed by atoms with Crippen LogP contribution in [0, 0.1) is 13.8 Å². The van der Waals surface area contributed by atoms with Crippen LogP contribution in [0.25, 0.3) is 0 Å². The molecule has 8 nitrogen and oxygen atoms in total. The van der Waals surface area contributed by atoms with E-state index in [4.69, 9.17) is 10.2 Å². The number of rotatable bonds is 8. The molecule has 120 valence electrons.